The summed E-state index contributed by atoms with van der Waals surface area (Å²) in [6, 6.07) is 7.57. The number of thiazole rings is 1. The topological polar surface area (TPSA) is 50.2 Å². The minimum Gasteiger partial charge on any atom is -0.477 e. The minimum atomic E-state index is -0.892. The van der Waals surface area contributed by atoms with E-state index in [0.717, 1.165) is 9.90 Å². The van der Waals surface area contributed by atoms with Crippen molar-refractivity contribution < 1.29 is 9.90 Å². The van der Waals surface area contributed by atoms with Crippen LogP contribution < -0.4 is 0 Å². The van der Waals surface area contributed by atoms with Gasteiger partial charge in [0.1, 0.15) is 9.88 Å². The van der Waals surface area contributed by atoms with Gasteiger partial charge in [0, 0.05) is 9.92 Å². The van der Waals surface area contributed by atoms with Gasteiger partial charge in [-0.25, -0.2) is 9.78 Å². The van der Waals surface area contributed by atoms with Crippen LogP contribution in [0.4, 0.5) is 0 Å². The second-order valence-electron chi connectivity index (χ2n) is 3.78. The van der Waals surface area contributed by atoms with Gasteiger partial charge in [-0.1, -0.05) is 18.5 Å². The number of nitrogens with zero attached hydrogens (tertiary/aromatic N) is 1. The zero-order valence-electron chi connectivity index (χ0n) is 10.2. The van der Waals surface area contributed by atoms with Crippen molar-refractivity contribution in [2.24, 2.45) is 0 Å². The monoisotopic (exact) mass is 313 g/mol. The third kappa shape index (κ3) is 3.72. The van der Waals surface area contributed by atoms with Gasteiger partial charge in [0.2, 0.25) is 0 Å². The van der Waals surface area contributed by atoms with E-state index in [2.05, 4.69) is 4.98 Å². The molecule has 0 radical (unpaired) electrons. The number of hydrogen-bond donors (Lipinski definition) is 1. The average Bonchev–Trinajstić information content (AvgIpc) is 2.81. The molecule has 1 N–H and O–H groups in total. The largest absolute Gasteiger partial charge is 0.477 e. The summed E-state index contributed by atoms with van der Waals surface area (Å²) in [5.41, 5.74) is 0.671. The maximum atomic E-state index is 11.1. The van der Waals surface area contributed by atoms with Gasteiger partial charge in [-0.05, 0) is 30.7 Å². The number of aryl methyl sites for hydroxylation is 1. The Morgan fingerprint density at radius 1 is 1.42 bits per heavy atom. The minimum absolute atomic E-state index is 0.356. The number of aromatic carboxylic acids is 1. The van der Waals surface area contributed by atoms with E-state index in [1.165, 1.54) is 11.3 Å². The van der Waals surface area contributed by atoms with Crippen LogP contribution in [0.1, 0.15) is 27.3 Å². The van der Waals surface area contributed by atoms with Gasteiger partial charge in [-0.3, -0.25) is 0 Å². The van der Waals surface area contributed by atoms with Gasteiger partial charge < -0.3 is 5.11 Å². The van der Waals surface area contributed by atoms with Crippen LogP contribution in [-0.2, 0) is 12.2 Å². The molecular formula is C13H12ClNO2S2. The number of carbonyl (C=O) groups is 1. The molecule has 0 aliphatic rings. The van der Waals surface area contributed by atoms with Crippen molar-refractivity contribution in [3.8, 4) is 0 Å². The quantitative estimate of drug-likeness (QED) is 0.834. The Kier molecular flexibility index (Phi) is 4.85. The number of halogens is 1. The standard InChI is InChI=1S/C13H12ClNO2S2/c1-2-10-12(13(16)17)19-11(15-10)7-18-9-5-3-8(14)4-6-9/h3-6H,2,7H2,1H3,(H,16,17). The van der Waals surface area contributed by atoms with Crippen molar-refractivity contribution in [2.75, 3.05) is 0 Å². The predicted octanol–water partition coefficient (Wildman–Crippen LogP) is 4.35. The molecule has 1 aromatic heterocycles. The van der Waals surface area contributed by atoms with Gasteiger partial charge in [-0.15, -0.1) is 23.1 Å². The number of carboxylic acids is 1. The van der Waals surface area contributed by atoms with E-state index in [0.29, 0.717) is 27.8 Å². The molecule has 0 aliphatic carbocycles. The Balaban J connectivity index is 2.07. The second-order valence-corrected chi connectivity index (χ2v) is 6.35. The molecule has 0 unspecified atom stereocenters. The van der Waals surface area contributed by atoms with E-state index in [1.54, 1.807) is 11.8 Å². The van der Waals surface area contributed by atoms with Crippen LogP contribution in [0.2, 0.25) is 5.02 Å². The molecule has 3 nitrogen and oxygen atoms in total. The predicted molar refractivity (Wildman–Crippen MR) is 79.5 cm³/mol. The van der Waals surface area contributed by atoms with E-state index in [9.17, 15) is 4.79 Å². The Morgan fingerprint density at radius 3 is 2.63 bits per heavy atom. The SMILES string of the molecule is CCc1nc(CSc2ccc(Cl)cc2)sc1C(=O)O. The molecule has 0 aliphatic heterocycles. The van der Waals surface area contributed by atoms with Crippen molar-refractivity contribution in [1.29, 1.82) is 0 Å². The van der Waals surface area contributed by atoms with Crippen LogP contribution in [0.3, 0.4) is 0 Å². The smallest absolute Gasteiger partial charge is 0.347 e. The third-order valence-corrected chi connectivity index (χ3v) is 4.99. The molecule has 19 heavy (non-hydrogen) atoms. The molecular weight excluding hydrogens is 302 g/mol. The fourth-order valence-corrected chi connectivity index (χ4v) is 3.55. The highest BCUT2D eigenvalue weighted by atomic mass is 35.5. The Hall–Kier alpha value is -1.04. The van der Waals surface area contributed by atoms with Crippen LogP contribution in [0.15, 0.2) is 29.2 Å². The number of rotatable bonds is 5. The highest BCUT2D eigenvalue weighted by molar-refractivity contribution is 7.98. The summed E-state index contributed by atoms with van der Waals surface area (Å²) >= 11 is 8.70. The van der Waals surface area contributed by atoms with Crippen LogP contribution in [0.5, 0.6) is 0 Å². The van der Waals surface area contributed by atoms with Crippen LogP contribution in [-0.4, -0.2) is 16.1 Å². The maximum absolute atomic E-state index is 11.1. The summed E-state index contributed by atoms with van der Waals surface area (Å²) in [4.78, 5) is 16.9. The Bertz CT molecular complexity index is 581. The number of aromatic nitrogens is 1. The molecule has 0 amide bonds. The molecule has 2 aromatic rings. The number of hydrogen-bond acceptors (Lipinski definition) is 4. The molecule has 0 saturated heterocycles. The molecule has 1 aromatic carbocycles. The zero-order valence-corrected chi connectivity index (χ0v) is 12.6. The highest BCUT2D eigenvalue weighted by Crippen LogP contribution is 2.28. The lowest BCUT2D eigenvalue weighted by Crippen LogP contribution is -1.97. The lowest BCUT2D eigenvalue weighted by atomic mass is 10.3. The van der Waals surface area contributed by atoms with Crippen molar-refractivity contribution in [3.05, 3.63) is 44.9 Å². The van der Waals surface area contributed by atoms with Crippen molar-refractivity contribution >= 4 is 40.7 Å². The summed E-state index contributed by atoms with van der Waals surface area (Å²) in [5.74, 6) is -0.218. The highest BCUT2D eigenvalue weighted by Gasteiger charge is 2.15. The first kappa shape index (κ1) is 14.4. The van der Waals surface area contributed by atoms with Crippen molar-refractivity contribution in [1.82, 2.24) is 4.98 Å². The van der Waals surface area contributed by atoms with Crippen molar-refractivity contribution in [2.45, 2.75) is 24.0 Å². The van der Waals surface area contributed by atoms with Crippen LogP contribution in [0.25, 0.3) is 0 Å². The summed E-state index contributed by atoms with van der Waals surface area (Å²) in [5, 5.41) is 10.6. The zero-order chi connectivity index (χ0) is 13.8. The lowest BCUT2D eigenvalue weighted by molar-refractivity contribution is 0.0701. The van der Waals surface area contributed by atoms with E-state index < -0.39 is 5.97 Å². The van der Waals surface area contributed by atoms with Gasteiger partial charge in [0.25, 0.3) is 0 Å². The summed E-state index contributed by atoms with van der Waals surface area (Å²) in [6.07, 6.45) is 0.643. The summed E-state index contributed by atoms with van der Waals surface area (Å²) < 4.78 is 0. The molecule has 0 atom stereocenters. The Morgan fingerprint density at radius 2 is 2.11 bits per heavy atom. The fourth-order valence-electron chi connectivity index (χ4n) is 1.55. The molecule has 6 heteroatoms. The molecule has 0 spiro atoms. The van der Waals surface area contributed by atoms with E-state index in [1.807, 2.05) is 31.2 Å². The number of benzene rings is 1. The Labute approximate surface area is 124 Å². The first-order valence-electron chi connectivity index (χ1n) is 5.70. The van der Waals surface area contributed by atoms with E-state index in [4.69, 9.17) is 16.7 Å². The second kappa shape index (κ2) is 6.41. The molecule has 0 saturated carbocycles. The molecule has 2 rings (SSSR count). The van der Waals surface area contributed by atoms with Crippen LogP contribution >= 0.6 is 34.7 Å². The number of carboxylic acid groups (broad SMARTS) is 1. The lowest BCUT2D eigenvalue weighted by Gasteiger charge is -1.98. The summed E-state index contributed by atoms with van der Waals surface area (Å²) in [6.45, 7) is 1.91. The normalized spacial score (nSPS) is 10.6. The molecule has 100 valence electrons. The molecule has 0 fully saturated rings. The van der Waals surface area contributed by atoms with Gasteiger partial charge in [0.15, 0.2) is 0 Å². The third-order valence-electron chi connectivity index (χ3n) is 2.45. The van der Waals surface area contributed by atoms with E-state index >= 15 is 0 Å². The van der Waals surface area contributed by atoms with Crippen LogP contribution in [0, 0.1) is 0 Å². The fraction of sp³-hybridized carbons (Fsp3) is 0.231. The first-order chi connectivity index (χ1) is 9.10. The van der Waals surface area contributed by atoms with E-state index in [-0.39, 0.29) is 0 Å². The van der Waals surface area contributed by atoms with Gasteiger partial charge in [0.05, 0.1) is 11.4 Å². The summed E-state index contributed by atoms with van der Waals surface area (Å²) in [7, 11) is 0. The number of thioether (sulfide) groups is 1. The molecule has 1 heterocycles. The first-order valence-corrected chi connectivity index (χ1v) is 7.88. The maximum Gasteiger partial charge on any atom is 0.347 e. The van der Waals surface area contributed by atoms with Crippen molar-refractivity contribution in [3.63, 3.8) is 0 Å². The van der Waals surface area contributed by atoms with Gasteiger partial charge in [-0.2, -0.15) is 0 Å². The van der Waals surface area contributed by atoms with Gasteiger partial charge >= 0.3 is 5.97 Å². The molecule has 0 bridgehead atoms. The average molecular weight is 314 g/mol.